The van der Waals surface area contributed by atoms with Crippen LogP contribution in [-0.4, -0.2) is 34.0 Å². The third-order valence-corrected chi connectivity index (χ3v) is 6.00. The zero-order valence-corrected chi connectivity index (χ0v) is 20.0. The lowest BCUT2D eigenvalue weighted by molar-refractivity contribution is 0.475. The fourth-order valence-electron chi connectivity index (χ4n) is 3.55. The average molecular weight is 522 g/mol. The maximum atomic E-state index is 11.3. The number of primary sulfonamides is 1. The van der Waals surface area contributed by atoms with Crippen molar-refractivity contribution in [2.45, 2.75) is 63.2 Å². The lowest BCUT2D eigenvalue weighted by Crippen LogP contribution is -2.38. The van der Waals surface area contributed by atoms with Gasteiger partial charge in [0.1, 0.15) is 0 Å². The summed E-state index contributed by atoms with van der Waals surface area (Å²) in [5.74, 6) is 1.81. The third kappa shape index (κ3) is 9.56. The standard InChI is InChI=1S/C20H34N4O2S.HI/c1-2-22-20(23-15-6-5-9-17-7-3-4-8-17)24-16-14-18-10-12-19(13-11-18)27(21,25)26;/h10-13,17H,2-9,14-16H2,1H3,(H2,21,25,26)(H2,22,23,24);1H. The first-order valence-electron chi connectivity index (χ1n) is 10.1. The Balaban J connectivity index is 0.00000392. The predicted octanol–water partition coefficient (Wildman–Crippen LogP) is 3.41. The van der Waals surface area contributed by atoms with Crippen molar-refractivity contribution in [2.24, 2.45) is 16.0 Å². The third-order valence-electron chi connectivity index (χ3n) is 5.07. The molecule has 8 heteroatoms. The zero-order valence-electron chi connectivity index (χ0n) is 16.8. The Morgan fingerprint density at radius 2 is 1.82 bits per heavy atom. The SMILES string of the molecule is CCNC(=NCCCCC1CCCC1)NCCc1ccc(S(N)(=O)=O)cc1.I. The van der Waals surface area contributed by atoms with Crippen LogP contribution in [0.1, 0.15) is 57.4 Å². The van der Waals surface area contributed by atoms with Gasteiger partial charge in [-0.1, -0.05) is 50.7 Å². The van der Waals surface area contributed by atoms with E-state index in [1.165, 1.54) is 38.5 Å². The average Bonchev–Trinajstić information content (AvgIpc) is 3.14. The van der Waals surface area contributed by atoms with E-state index in [0.29, 0.717) is 0 Å². The molecule has 0 unspecified atom stereocenters. The normalized spacial score (nSPS) is 15.3. The highest BCUT2D eigenvalue weighted by molar-refractivity contribution is 14.0. The first-order chi connectivity index (χ1) is 13.0. The molecular weight excluding hydrogens is 487 g/mol. The molecule has 0 saturated heterocycles. The molecule has 1 aliphatic carbocycles. The summed E-state index contributed by atoms with van der Waals surface area (Å²) in [6.07, 6.45) is 10.2. The molecule has 1 aromatic carbocycles. The number of sulfonamides is 1. The van der Waals surface area contributed by atoms with Crippen LogP contribution < -0.4 is 15.8 Å². The minimum absolute atomic E-state index is 0. The molecule has 1 fully saturated rings. The van der Waals surface area contributed by atoms with Crippen LogP contribution in [0.2, 0.25) is 0 Å². The minimum Gasteiger partial charge on any atom is -0.357 e. The molecule has 0 radical (unpaired) electrons. The van der Waals surface area contributed by atoms with E-state index in [2.05, 4.69) is 22.5 Å². The number of rotatable bonds is 10. The number of nitrogens with two attached hydrogens (primary N) is 1. The van der Waals surface area contributed by atoms with Crippen LogP contribution in [0.3, 0.4) is 0 Å². The van der Waals surface area contributed by atoms with Gasteiger partial charge in [-0.15, -0.1) is 24.0 Å². The number of hydrogen-bond acceptors (Lipinski definition) is 3. The summed E-state index contributed by atoms with van der Waals surface area (Å²) in [5.41, 5.74) is 1.06. The summed E-state index contributed by atoms with van der Waals surface area (Å²) < 4.78 is 22.6. The summed E-state index contributed by atoms with van der Waals surface area (Å²) in [6, 6.07) is 6.70. The summed E-state index contributed by atoms with van der Waals surface area (Å²) >= 11 is 0. The van der Waals surface area contributed by atoms with Gasteiger partial charge in [-0.25, -0.2) is 13.6 Å². The van der Waals surface area contributed by atoms with Crippen molar-refractivity contribution < 1.29 is 8.42 Å². The Kier molecular flexibility index (Phi) is 12.0. The van der Waals surface area contributed by atoms with E-state index in [1.54, 1.807) is 24.3 Å². The van der Waals surface area contributed by atoms with Crippen LogP contribution in [-0.2, 0) is 16.4 Å². The predicted molar refractivity (Wildman–Crippen MR) is 127 cm³/mol. The van der Waals surface area contributed by atoms with Gasteiger partial charge in [0.05, 0.1) is 4.90 Å². The second kappa shape index (κ2) is 13.4. The highest BCUT2D eigenvalue weighted by Crippen LogP contribution is 2.28. The fraction of sp³-hybridized carbons (Fsp3) is 0.650. The van der Waals surface area contributed by atoms with Crippen molar-refractivity contribution in [3.05, 3.63) is 29.8 Å². The van der Waals surface area contributed by atoms with Crippen molar-refractivity contribution in [1.82, 2.24) is 10.6 Å². The molecule has 0 heterocycles. The molecule has 0 spiro atoms. The van der Waals surface area contributed by atoms with Gasteiger partial charge in [-0.05, 0) is 43.4 Å². The van der Waals surface area contributed by atoms with Gasteiger partial charge in [-0.2, -0.15) is 0 Å². The van der Waals surface area contributed by atoms with E-state index < -0.39 is 10.0 Å². The van der Waals surface area contributed by atoms with Crippen LogP contribution in [0.15, 0.2) is 34.2 Å². The zero-order chi connectivity index (χ0) is 19.5. The number of guanidine groups is 1. The van der Waals surface area contributed by atoms with E-state index >= 15 is 0 Å². The lowest BCUT2D eigenvalue weighted by atomic mass is 10.0. The molecule has 2 rings (SSSR count). The second-order valence-electron chi connectivity index (χ2n) is 7.27. The second-order valence-corrected chi connectivity index (χ2v) is 8.83. The Hall–Kier alpha value is -0.870. The first kappa shape index (κ1) is 25.2. The van der Waals surface area contributed by atoms with E-state index in [9.17, 15) is 8.42 Å². The van der Waals surface area contributed by atoms with Crippen molar-refractivity contribution in [1.29, 1.82) is 0 Å². The quantitative estimate of drug-likeness (QED) is 0.190. The number of nitrogens with zero attached hydrogens (tertiary/aromatic N) is 1. The van der Waals surface area contributed by atoms with Crippen LogP contribution >= 0.6 is 24.0 Å². The van der Waals surface area contributed by atoms with E-state index in [0.717, 1.165) is 49.9 Å². The Morgan fingerprint density at radius 1 is 1.14 bits per heavy atom. The smallest absolute Gasteiger partial charge is 0.238 e. The van der Waals surface area contributed by atoms with Gasteiger partial charge in [0.2, 0.25) is 10.0 Å². The van der Waals surface area contributed by atoms with Gasteiger partial charge in [0.15, 0.2) is 5.96 Å². The largest absolute Gasteiger partial charge is 0.357 e. The van der Waals surface area contributed by atoms with Crippen LogP contribution in [0.25, 0.3) is 0 Å². The molecule has 1 saturated carbocycles. The van der Waals surface area contributed by atoms with Gasteiger partial charge >= 0.3 is 0 Å². The number of halogens is 1. The Labute approximate surface area is 187 Å². The topological polar surface area (TPSA) is 96.6 Å². The maximum Gasteiger partial charge on any atom is 0.238 e. The molecular formula is C20H35IN4O2S. The van der Waals surface area contributed by atoms with Crippen molar-refractivity contribution in [3.8, 4) is 0 Å². The molecule has 6 nitrogen and oxygen atoms in total. The highest BCUT2D eigenvalue weighted by Gasteiger charge is 2.13. The molecule has 28 heavy (non-hydrogen) atoms. The van der Waals surface area contributed by atoms with Crippen LogP contribution in [0.4, 0.5) is 0 Å². The van der Waals surface area contributed by atoms with Crippen molar-refractivity contribution >= 4 is 40.0 Å². The Morgan fingerprint density at radius 3 is 2.43 bits per heavy atom. The van der Waals surface area contributed by atoms with E-state index in [-0.39, 0.29) is 28.9 Å². The van der Waals surface area contributed by atoms with Crippen LogP contribution in [0.5, 0.6) is 0 Å². The number of unbranched alkanes of at least 4 members (excludes halogenated alkanes) is 1. The number of benzene rings is 1. The number of aliphatic imine (C=N–C) groups is 1. The van der Waals surface area contributed by atoms with Crippen LogP contribution in [0, 0.1) is 5.92 Å². The Bertz CT molecular complexity index is 687. The molecule has 160 valence electrons. The van der Waals surface area contributed by atoms with Gasteiger partial charge in [0.25, 0.3) is 0 Å². The van der Waals surface area contributed by atoms with Gasteiger partial charge in [0, 0.05) is 19.6 Å². The fourth-order valence-corrected chi connectivity index (χ4v) is 4.06. The maximum absolute atomic E-state index is 11.3. The number of hydrogen-bond donors (Lipinski definition) is 3. The summed E-state index contributed by atoms with van der Waals surface area (Å²) in [7, 11) is -3.63. The molecule has 0 aromatic heterocycles. The summed E-state index contributed by atoms with van der Waals surface area (Å²) in [5, 5.41) is 11.7. The molecule has 0 amide bonds. The first-order valence-corrected chi connectivity index (χ1v) is 11.7. The molecule has 0 aliphatic heterocycles. The molecule has 1 aliphatic rings. The van der Waals surface area contributed by atoms with Gasteiger partial charge in [-0.3, -0.25) is 4.99 Å². The molecule has 1 aromatic rings. The molecule has 4 N–H and O–H groups in total. The highest BCUT2D eigenvalue weighted by atomic mass is 127. The van der Waals surface area contributed by atoms with Crippen molar-refractivity contribution in [3.63, 3.8) is 0 Å². The monoisotopic (exact) mass is 522 g/mol. The van der Waals surface area contributed by atoms with Gasteiger partial charge < -0.3 is 10.6 Å². The molecule has 0 atom stereocenters. The van der Waals surface area contributed by atoms with E-state index in [1.807, 2.05) is 0 Å². The van der Waals surface area contributed by atoms with Crippen molar-refractivity contribution in [2.75, 3.05) is 19.6 Å². The summed E-state index contributed by atoms with van der Waals surface area (Å²) in [6.45, 7) is 4.48. The number of nitrogens with one attached hydrogen (secondary N) is 2. The molecule has 0 bridgehead atoms. The summed E-state index contributed by atoms with van der Waals surface area (Å²) in [4.78, 5) is 4.80. The van der Waals surface area contributed by atoms with E-state index in [4.69, 9.17) is 5.14 Å². The minimum atomic E-state index is -3.63. The lowest BCUT2D eigenvalue weighted by Gasteiger charge is -2.12.